The number of hydrogen-bond donors (Lipinski definition) is 0. The number of hydrogen-bond acceptors (Lipinski definition) is 3. The first kappa shape index (κ1) is 16.5. The molecule has 1 unspecified atom stereocenters. The summed E-state index contributed by atoms with van der Waals surface area (Å²) in [5, 5.41) is 0. The maximum atomic E-state index is 11.4. The van der Waals surface area contributed by atoms with Gasteiger partial charge < -0.3 is 9.47 Å². The molecule has 0 radical (unpaired) electrons. The molecule has 0 aromatic carbocycles. The zero-order valence-electron chi connectivity index (χ0n) is 12.7. The van der Waals surface area contributed by atoms with Crippen molar-refractivity contribution >= 4 is 5.97 Å². The average molecular weight is 270 g/mol. The Morgan fingerprint density at radius 2 is 1.47 bits per heavy atom. The second kappa shape index (κ2) is 9.35. The normalized spacial score (nSPS) is 21.4. The van der Waals surface area contributed by atoms with Crippen molar-refractivity contribution in [3.8, 4) is 0 Å². The number of carbonyl (C=O) groups excluding carboxylic acids is 1. The van der Waals surface area contributed by atoms with E-state index in [9.17, 15) is 4.79 Å². The van der Waals surface area contributed by atoms with Crippen LogP contribution in [0.15, 0.2) is 0 Å². The molecule has 19 heavy (non-hydrogen) atoms. The highest BCUT2D eigenvalue weighted by Gasteiger charge is 2.48. The van der Waals surface area contributed by atoms with Crippen molar-refractivity contribution < 1.29 is 14.3 Å². The van der Waals surface area contributed by atoms with E-state index in [0.717, 1.165) is 6.42 Å². The molecule has 1 aliphatic heterocycles. The van der Waals surface area contributed by atoms with Crippen LogP contribution in [0, 0.1) is 0 Å². The van der Waals surface area contributed by atoms with E-state index < -0.39 is 5.60 Å². The first-order valence-corrected chi connectivity index (χ1v) is 8.00. The highest BCUT2D eigenvalue weighted by Crippen LogP contribution is 2.27. The zero-order chi connectivity index (χ0) is 14.0. The van der Waals surface area contributed by atoms with Gasteiger partial charge in [0.15, 0.2) is 5.60 Å². The fourth-order valence-electron chi connectivity index (χ4n) is 2.13. The van der Waals surface area contributed by atoms with Crippen LogP contribution >= 0.6 is 0 Å². The van der Waals surface area contributed by atoms with Gasteiger partial charge in [-0.1, -0.05) is 64.7 Å². The van der Waals surface area contributed by atoms with E-state index in [4.69, 9.17) is 9.47 Å². The lowest BCUT2D eigenvalue weighted by atomic mass is 10.1. The molecule has 1 saturated heterocycles. The van der Waals surface area contributed by atoms with Crippen LogP contribution < -0.4 is 0 Å². The molecule has 1 aliphatic rings. The van der Waals surface area contributed by atoms with Gasteiger partial charge >= 0.3 is 5.97 Å². The van der Waals surface area contributed by atoms with Gasteiger partial charge in [-0.25, -0.2) is 4.79 Å². The molecule has 1 heterocycles. The molecule has 0 aromatic heterocycles. The minimum Gasteiger partial charge on any atom is -0.463 e. The van der Waals surface area contributed by atoms with Crippen LogP contribution in [0.1, 0.15) is 78.1 Å². The summed E-state index contributed by atoms with van der Waals surface area (Å²) in [6.07, 6.45) is 13.0. The molecule has 1 atom stereocenters. The molecule has 0 aromatic rings. The molecule has 1 fully saturated rings. The fraction of sp³-hybridized carbons (Fsp3) is 0.938. The van der Waals surface area contributed by atoms with E-state index in [0.29, 0.717) is 13.2 Å². The minimum absolute atomic E-state index is 0.191. The molecule has 0 amide bonds. The summed E-state index contributed by atoms with van der Waals surface area (Å²) in [5.41, 5.74) is -0.613. The number of carbonyl (C=O) groups is 1. The van der Waals surface area contributed by atoms with Crippen LogP contribution in [0.5, 0.6) is 0 Å². The third-order valence-corrected chi connectivity index (χ3v) is 3.74. The van der Waals surface area contributed by atoms with Gasteiger partial charge in [-0.3, -0.25) is 0 Å². The number of unbranched alkanes of at least 4 members (excludes halogenated alkanes) is 9. The Morgan fingerprint density at radius 1 is 1.00 bits per heavy atom. The topological polar surface area (TPSA) is 38.8 Å². The molecule has 0 N–H and O–H groups in total. The van der Waals surface area contributed by atoms with E-state index in [2.05, 4.69) is 6.92 Å². The van der Waals surface area contributed by atoms with E-state index in [-0.39, 0.29) is 5.97 Å². The zero-order valence-corrected chi connectivity index (χ0v) is 12.7. The summed E-state index contributed by atoms with van der Waals surface area (Å²) in [4.78, 5) is 11.4. The van der Waals surface area contributed by atoms with Gasteiger partial charge in [-0.2, -0.15) is 0 Å². The van der Waals surface area contributed by atoms with Crippen molar-refractivity contribution in [2.45, 2.75) is 83.7 Å². The SMILES string of the molecule is CCCCCCCCCCCCOC(=O)C1(C)CO1. The lowest BCUT2D eigenvalue weighted by molar-refractivity contribution is -0.149. The Labute approximate surface area is 118 Å². The van der Waals surface area contributed by atoms with Gasteiger partial charge in [0, 0.05) is 0 Å². The van der Waals surface area contributed by atoms with Gasteiger partial charge in [0.05, 0.1) is 13.2 Å². The lowest BCUT2D eigenvalue weighted by Crippen LogP contribution is -2.23. The van der Waals surface area contributed by atoms with E-state index in [1.165, 1.54) is 57.8 Å². The van der Waals surface area contributed by atoms with E-state index in [1.807, 2.05) is 0 Å². The fourth-order valence-corrected chi connectivity index (χ4v) is 2.13. The predicted molar refractivity (Wildman–Crippen MR) is 77.2 cm³/mol. The average Bonchev–Trinajstić information content (AvgIpc) is 3.15. The Bertz CT molecular complexity index is 246. The van der Waals surface area contributed by atoms with Gasteiger partial charge in [0.25, 0.3) is 0 Å². The van der Waals surface area contributed by atoms with E-state index in [1.54, 1.807) is 6.92 Å². The second-order valence-electron chi connectivity index (χ2n) is 5.84. The third kappa shape index (κ3) is 7.56. The monoisotopic (exact) mass is 270 g/mol. The molecule has 1 rings (SSSR count). The third-order valence-electron chi connectivity index (χ3n) is 3.74. The summed E-state index contributed by atoms with van der Waals surface area (Å²) in [7, 11) is 0. The van der Waals surface area contributed by atoms with Crippen LogP contribution in [0.3, 0.4) is 0 Å². The van der Waals surface area contributed by atoms with Crippen molar-refractivity contribution in [1.29, 1.82) is 0 Å². The highest BCUT2D eigenvalue weighted by molar-refractivity contribution is 5.81. The Morgan fingerprint density at radius 3 is 1.95 bits per heavy atom. The van der Waals surface area contributed by atoms with Crippen LogP contribution in [0.4, 0.5) is 0 Å². The molecule has 112 valence electrons. The Balaban J connectivity index is 1.75. The maximum Gasteiger partial charge on any atom is 0.340 e. The second-order valence-corrected chi connectivity index (χ2v) is 5.84. The van der Waals surface area contributed by atoms with Crippen molar-refractivity contribution in [2.24, 2.45) is 0 Å². The lowest BCUT2D eigenvalue weighted by Gasteiger charge is -2.06. The molecule has 3 nitrogen and oxygen atoms in total. The summed E-state index contributed by atoms with van der Waals surface area (Å²) in [6.45, 7) is 5.11. The molecule has 0 bridgehead atoms. The summed E-state index contributed by atoms with van der Waals surface area (Å²) >= 11 is 0. The first-order valence-electron chi connectivity index (χ1n) is 8.00. The van der Waals surface area contributed by atoms with Crippen LogP contribution in [-0.4, -0.2) is 24.8 Å². The van der Waals surface area contributed by atoms with Crippen molar-refractivity contribution in [2.75, 3.05) is 13.2 Å². The van der Waals surface area contributed by atoms with Crippen LogP contribution in [0.25, 0.3) is 0 Å². The summed E-state index contributed by atoms with van der Waals surface area (Å²) < 4.78 is 10.2. The molecule has 3 heteroatoms. The van der Waals surface area contributed by atoms with Gasteiger partial charge in [-0.05, 0) is 13.3 Å². The van der Waals surface area contributed by atoms with E-state index >= 15 is 0 Å². The van der Waals surface area contributed by atoms with Crippen LogP contribution in [0.2, 0.25) is 0 Å². The quantitative estimate of drug-likeness (QED) is 0.302. The van der Waals surface area contributed by atoms with Gasteiger partial charge in [-0.15, -0.1) is 0 Å². The molecule has 0 aliphatic carbocycles. The van der Waals surface area contributed by atoms with Crippen molar-refractivity contribution in [1.82, 2.24) is 0 Å². The molecular weight excluding hydrogens is 240 g/mol. The van der Waals surface area contributed by atoms with Crippen LogP contribution in [-0.2, 0) is 14.3 Å². The van der Waals surface area contributed by atoms with Gasteiger partial charge in [0.1, 0.15) is 0 Å². The maximum absolute atomic E-state index is 11.4. The number of rotatable bonds is 12. The Kier molecular flexibility index (Phi) is 8.11. The smallest absolute Gasteiger partial charge is 0.340 e. The number of epoxide rings is 1. The van der Waals surface area contributed by atoms with Crippen molar-refractivity contribution in [3.63, 3.8) is 0 Å². The minimum atomic E-state index is -0.613. The highest BCUT2D eigenvalue weighted by atomic mass is 16.6. The van der Waals surface area contributed by atoms with Crippen molar-refractivity contribution in [3.05, 3.63) is 0 Å². The summed E-state index contributed by atoms with van der Waals surface area (Å²) in [5.74, 6) is -0.191. The Hall–Kier alpha value is -0.570. The first-order chi connectivity index (χ1) is 9.19. The largest absolute Gasteiger partial charge is 0.463 e. The number of esters is 1. The summed E-state index contributed by atoms with van der Waals surface area (Å²) in [6, 6.07) is 0. The van der Waals surface area contributed by atoms with Gasteiger partial charge in [0.2, 0.25) is 0 Å². The molecule has 0 spiro atoms. The predicted octanol–water partition coefficient (Wildman–Crippen LogP) is 4.24. The standard InChI is InChI=1S/C16H30O3/c1-3-4-5-6-7-8-9-10-11-12-13-18-15(17)16(2)14-19-16/h3-14H2,1-2H3. The molecular formula is C16H30O3. The number of ether oxygens (including phenoxy) is 2. The molecule has 0 saturated carbocycles.